The summed E-state index contributed by atoms with van der Waals surface area (Å²) in [6.45, 7) is 4.74. The Kier molecular flexibility index (Phi) is 6.44. The quantitative estimate of drug-likeness (QED) is 0.685. The number of rotatable bonds is 7. The predicted molar refractivity (Wildman–Crippen MR) is 97.2 cm³/mol. The summed E-state index contributed by atoms with van der Waals surface area (Å²) in [7, 11) is 1.53. The van der Waals surface area contributed by atoms with Gasteiger partial charge in [-0.25, -0.2) is 0 Å². The summed E-state index contributed by atoms with van der Waals surface area (Å²) >= 11 is 6.18. The molecule has 1 unspecified atom stereocenters. The maximum atomic E-state index is 12.6. The van der Waals surface area contributed by atoms with E-state index in [1.807, 2.05) is 25.1 Å². The van der Waals surface area contributed by atoms with E-state index in [4.69, 9.17) is 21.1 Å². The third-order valence-electron chi connectivity index (χ3n) is 3.34. The van der Waals surface area contributed by atoms with Gasteiger partial charge in [-0.05, 0) is 57.1 Å². The van der Waals surface area contributed by atoms with Gasteiger partial charge in [0.1, 0.15) is 11.5 Å². The van der Waals surface area contributed by atoms with Crippen LogP contribution in [0.25, 0.3) is 0 Å². The monoisotopic (exact) mass is 350 g/mol. The number of halogens is 1. The normalized spacial score (nSPS) is 11.0. The summed E-state index contributed by atoms with van der Waals surface area (Å²) in [5.74, 6) is 1.34. The Hall–Kier alpha value is -1.57. The molecule has 0 aromatic heterocycles. The first-order valence-corrected chi connectivity index (χ1v) is 8.82. The second kappa shape index (κ2) is 8.33. The fourth-order valence-electron chi connectivity index (χ4n) is 2.17. The third kappa shape index (κ3) is 4.46. The van der Waals surface area contributed by atoms with Gasteiger partial charge in [-0.1, -0.05) is 30.7 Å². The fraction of sp³-hybridized carbons (Fsp3) is 0.278. The standard InChI is InChI=1S/C18H20ClO3P/c1-4-10-22-13-8-9-16(12(2)11-13)23-18(20)17-14(19)6-5-7-15(17)21-3/h5-9,11,23H,4,10H2,1-3H3. The highest BCUT2D eigenvalue weighted by atomic mass is 35.5. The molecule has 122 valence electrons. The van der Waals surface area contributed by atoms with E-state index in [0.717, 1.165) is 23.0 Å². The number of carbonyl (C=O) groups excluding carboxylic acids is 1. The van der Waals surface area contributed by atoms with Gasteiger partial charge in [-0.2, -0.15) is 0 Å². The van der Waals surface area contributed by atoms with Crippen molar-refractivity contribution in [3.05, 3.63) is 52.5 Å². The van der Waals surface area contributed by atoms with E-state index in [0.29, 0.717) is 22.9 Å². The van der Waals surface area contributed by atoms with Crippen LogP contribution in [-0.2, 0) is 0 Å². The predicted octanol–water partition coefficient (Wildman–Crippen LogP) is 4.59. The smallest absolute Gasteiger partial charge is 0.190 e. The summed E-state index contributed by atoms with van der Waals surface area (Å²) in [5, 5.41) is 1.41. The molecule has 0 aliphatic heterocycles. The minimum Gasteiger partial charge on any atom is -0.496 e. The summed E-state index contributed by atoms with van der Waals surface area (Å²) in [4.78, 5) is 12.6. The van der Waals surface area contributed by atoms with E-state index in [1.165, 1.54) is 7.11 Å². The van der Waals surface area contributed by atoms with E-state index >= 15 is 0 Å². The molecule has 2 rings (SSSR count). The van der Waals surface area contributed by atoms with Crippen LogP contribution in [-0.4, -0.2) is 19.2 Å². The van der Waals surface area contributed by atoms with Crippen LogP contribution in [0.5, 0.6) is 11.5 Å². The Morgan fingerprint density at radius 3 is 2.70 bits per heavy atom. The van der Waals surface area contributed by atoms with Crippen molar-refractivity contribution in [2.75, 3.05) is 13.7 Å². The van der Waals surface area contributed by atoms with Crippen LogP contribution in [0.2, 0.25) is 5.02 Å². The summed E-state index contributed by atoms with van der Waals surface area (Å²) in [5.41, 5.74) is 1.45. The molecule has 0 aliphatic carbocycles. The second-order valence-corrected chi connectivity index (χ2v) is 6.75. The highest BCUT2D eigenvalue weighted by Crippen LogP contribution is 2.32. The first kappa shape index (κ1) is 17.8. The lowest BCUT2D eigenvalue weighted by molar-refractivity contribution is 0.108. The van der Waals surface area contributed by atoms with Crippen molar-refractivity contribution >= 4 is 31.0 Å². The molecule has 2 aromatic carbocycles. The van der Waals surface area contributed by atoms with E-state index in [2.05, 4.69) is 6.92 Å². The molecule has 0 radical (unpaired) electrons. The molecule has 0 heterocycles. The SMILES string of the molecule is CCCOc1ccc(PC(=O)c2c(Cl)cccc2OC)c(C)c1. The van der Waals surface area contributed by atoms with Gasteiger partial charge in [0, 0.05) is 0 Å². The van der Waals surface area contributed by atoms with E-state index in [-0.39, 0.29) is 14.1 Å². The summed E-state index contributed by atoms with van der Waals surface area (Å²) in [6, 6.07) is 11.0. The van der Waals surface area contributed by atoms with Crippen LogP contribution in [0.1, 0.15) is 29.3 Å². The van der Waals surface area contributed by atoms with E-state index < -0.39 is 0 Å². The molecule has 0 saturated heterocycles. The van der Waals surface area contributed by atoms with Crippen molar-refractivity contribution in [1.29, 1.82) is 0 Å². The molecule has 3 nitrogen and oxygen atoms in total. The highest BCUT2D eigenvalue weighted by molar-refractivity contribution is 7.66. The van der Waals surface area contributed by atoms with Crippen molar-refractivity contribution in [1.82, 2.24) is 0 Å². The minimum atomic E-state index is -0.0298. The van der Waals surface area contributed by atoms with Gasteiger partial charge < -0.3 is 9.47 Å². The molecular formula is C18H20ClO3P. The zero-order chi connectivity index (χ0) is 16.8. The van der Waals surface area contributed by atoms with Gasteiger partial charge in [-0.15, -0.1) is 0 Å². The van der Waals surface area contributed by atoms with Crippen molar-refractivity contribution in [3.8, 4) is 11.5 Å². The van der Waals surface area contributed by atoms with Gasteiger partial charge in [0.25, 0.3) is 0 Å². The van der Waals surface area contributed by atoms with Gasteiger partial charge in [0.2, 0.25) is 0 Å². The number of aryl methyl sites for hydroxylation is 1. The minimum absolute atomic E-state index is 0.00987. The number of carbonyl (C=O) groups is 1. The Morgan fingerprint density at radius 1 is 1.26 bits per heavy atom. The molecule has 0 N–H and O–H groups in total. The number of hydrogen-bond acceptors (Lipinski definition) is 3. The van der Waals surface area contributed by atoms with Gasteiger partial charge in [-0.3, -0.25) is 4.79 Å². The molecule has 0 amide bonds. The first-order valence-electron chi connectivity index (χ1n) is 7.44. The lowest BCUT2D eigenvalue weighted by Gasteiger charge is -2.12. The van der Waals surface area contributed by atoms with Gasteiger partial charge in [0.05, 0.1) is 24.3 Å². The maximum Gasteiger partial charge on any atom is 0.190 e. The lowest BCUT2D eigenvalue weighted by atomic mass is 10.2. The van der Waals surface area contributed by atoms with E-state index in [1.54, 1.807) is 18.2 Å². The van der Waals surface area contributed by atoms with Crippen LogP contribution in [0, 0.1) is 6.92 Å². The molecule has 0 aliphatic rings. The highest BCUT2D eigenvalue weighted by Gasteiger charge is 2.17. The zero-order valence-electron chi connectivity index (χ0n) is 13.5. The Labute approximate surface area is 143 Å². The van der Waals surface area contributed by atoms with Crippen molar-refractivity contribution in [2.24, 2.45) is 0 Å². The maximum absolute atomic E-state index is 12.6. The molecular weight excluding hydrogens is 331 g/mol. The Bertz CT molecular complexity index is 701. The average Bonchev–Trinajstić information content (AvgIpc) is 2.54. The molecule has 2 aromatic rings. The molecule has 23 heavy (non-hydrogen) atoms. The van der Waals surface area contributed by atoms with Crippen LogP contribution in [0.15, 0.2) is 36.4 Å². The lowest BCUT2D eigenvalue weighted by Crippen LogP contribution is -2.07. The molecule has 0 saturated carbocycles. The molecule has 5 heteroatoms. The molecule has 0 fully saturated rings. The largest absolute Gasteiger partial charge is 0.496 e. The van der Waals surface area contributed by atoms with Crippen LogP contribution < -0.4 is 14.8 Å². The van der Waals surface area contributed by atoms with Crippen LogP contribution in [0.3, 0.4) is 0 Å². The van der Waals surface area contributed by atoms with Crippen LogP contribution >= 0.6 is 20.2 Å². The average molecular weight is 351 g/mol. The molecule has 0 spiro atoms. The Morgan fingerprint density at radius 2 is 2.04 bits per heavy atom. The van der Waals surface area contributed by atoms with Crippen molar-refractivity contribution < 1.29 is 14.3 Å². The number of benzene rings is 2. The summed E-state index contributed by atoms with van der Waals surface area (Å²) < 4.78 is 10.9. The number of methoxy groups -OCH3 is 1. The second-order valence-electron chi connectivity index (χ2n) is 5.10. The number of hydrogen-bond donors (Lipinski definition) is 0. The fourth-order valence-corrected chi connectivity index (χ4v) is 3.56. The molecule has 0 bridgehead atoms. The van der Waals surface area contributed by atoms with Gasteiger partial charge >= 0.3 is 0 Å². The van der Waals surface area contributed by atoms with E-state index in [9.17, 15) is 4.79 Å². The topological polar surface area (TPSA) is 35.5 Å². The van der Waals surface area contributed by atoms with Crippen molar-refractivity contribution in [2.45, 2.75) is 20.3 Å². The molecule has 1 atom stereocenters. The Balaban J connectivity index is 2.21. The van der Waals surface area contributed by atoms with Gasteiger partial charge in [0.15, 0.2) is 5.52 Å². The zero-order valence-corrected chi connectivity index (χ0v) is 15.2. The third-order valence-corrected chi connectivity index (χ3v) is 4.96. The first-order chi connectivity index (χ1) is 11.1. The summed E-state index contributed by atoms with van der Waals surface area (Å²) in [6.07, 6.45) is 0.966. The van der Waals surface area contributed by atoms with Crippen molar-refractivity contribution in [3.63, 3.8) is 0 Å². The van der Waals surface area contributed by atoms with Crippen LogP contribution in [0.4, 0.5) is 0 Å². The number of ether oxygens (including phenoxy) is 2.